The Labute approximate surface area is 67.9 Å². The molecule has 0 amide bonds. The second-order valence-corrected chi connectivity index (χ2v) is 2.03. The van der Waals surface area contributed by atoms with E-state index in [0.29, 0.717) is 5.96 Å². The number of nitrogens with one attached hydrogen (secondary N) is 1. The third-order valence-electron chi connectivity index (χ3n) is 1.21. The Morgan fingerprint density at radius 2 is 2.00 bits per heavy atom. The minimum Gasteiger partial charge on any atom is -0.329 e. The Balaban J connectivity index is 4.11. The third-order valence-corrected chi connectivity index (χ3v) is 1.21. The number of aliphatic imine (C=N–C) groups is 2. The van der Waals surface area contributed by atoms with Crippen molar-refractivity contribution in [1.29, 1.82) is 0 Å². The van der Waals surface area contributed by atoms with Gasteiger partial charge in [0.25, 0.3) is 0 Å². The monoisotopic (exact) mass is 153 g/mol. The van der Waals surface area contributed by atoms with E-state index in [2.05, 4.69) is 15.3 Å². The molecule has 0 fully saturated rings. The quantitative estimate of drug-likeness (QED) is 0.450. The average molecular weight is 153 g/mol. The molecular weight excluding hydrogens is 138 g/mol. The summed E-state index contributed by atoms with van der Waals surface area (Å²) in [5, 5.41) is 3.03. The molecule has 0 aromatic heterocycles. The molecule has 0 atom stereocenters. The van der Waals surface area contributed by atoms with Gasteiger partial charge in [0.05, 0.1) is 0 Å². The first-order valence-electron chi connectivity index (χ1n) is 3.60. The van der Waals surface area contributed by atoms with Crippen LogP contribution in [0.5, 0.6) is 0 Å². The molecule has 62 valence electrons. The molecule has 0 bridgehead atoms. The standard InChI is InChI=1S/C8H15N3/c1-5-7(3)11-8(9-4)10-6-2/h5-6H,1-4H3,(H,9,11)/b7-5-,10-6-. The van der Waals surface area contributed by atoms with E-state index in [-0.39, 0.29) is 0 Å². The number of hydrogen-bond acceptors (Lipinski definition) is 1. The molecule has 0 radical (unpaired) electrons. The largest absolute Gasteiger partial charge is 0.329 e. The summed E-state index contributed by atoms with van der Waals surface area (Å²) >= 11 is 0. The maximum atomic E-state index is 4.00. The number of hydrogen-bond donors (Lipinski definition) is 1. The van der Waals surface area contributed by atoms with Crippen LogP contribution in [-0.2, 0) is 0 Å². The molecule has 0 aliphatic carbocycles. The van der Waals surface area contributed by atoms with E-state index in [4.69, 9.17) is 0 Å². The van der Waals surface area contributed by atoms with Crippen molar-refractivity contribution in [1.82, 2.24) is 5.32 Å². The number of allylic oxidation sites excluding steroid dienone is 2. The molecule has 0 aromatic carbocycles. The second kappa shape index (κ2) is 5.65. The zero-order valence-corrected chi connectivity index (χ0v) is 7.55. The van der Waals surface area contributed by atoms with Crippen molar-refractivity contribution in [2.24, 2.45) is 9.98 Å². The lowest BCUT2D eigenvalue weighted by molar-refractivity contribution is 1.08. The van der Waals surface area contributed by atoms with Gasteiger partial charge in [0.2, 0.25) is 5.96 Å². The van der Waals surface area contributed by atoms with Crippen molar-refractivity contribution in [2.45, 2.75) is 20.8 Å². The predicted octanol–water partition coefficient (Wildman–Crippen LogP) is 1.58. The van der Waals surface area contributed by atoms with Crippen LogP contribution in [-0.4, -0.2) is 19.2 Å². The molecule has 11 heavy (non-hydrogen) atoms. The smallest absolute Gasteiger partial charge is 0.221 e. The summed E-state index contributed by atoms with van der Waals surface area (Å²) in [6.07, 6.45) is 3.68. The first-order valence-corrected chi connectivity index (χ1v) is 3.60. The molecule has 0 saturated carbocycles. The van der Waals surface area contributed by atoms with Gasteiger partial charge in [0, 0.05) is 19.0 Å². The van der Waals surface area contributed by atoms with Gasteiger partial charge in [0.1, 0.15) is 0 Å². The predicted molar refractivity (Wildman–Crippen MR) is 50.1 cm³/mol. The lowest BCUT2D eigenvalue weighted by Gasteiger charge is -2.02. The minimum atomic E-state index is 0.642. The summed E-state index contributed by atoms with van der Waals surface area (Å²) in [5.74, 6) is 0.642. The van der Waals surface area contributed by atoms with Crippen LogP contribution < -0.4 is 5.32 Å². The summed E-state index contributed by atoms with van der Waals surface area (Å²) in [5.41, 5.74) is 1.05. The molecular formula is C8H15N3. The van der Waals surface area contributed by atoms with Gasteiger partial charge in [-0.15, -0.1) is 0 Å². The van der Waals surface area contributed by atoms with E-state index in [9.17, 15) is 0 Å². The Bertz CT molecular complexity index is 190. The van der Waals surface area contributed by atoms with Crippen LogP contribution in [0.4, 0.5) is 0 Å². The van der Waals surface area contributed by atoms with Gasteiger partial charge in [-0.1, -0.05) is 6.08 Å². The van der Waals surface area contributed by atoms with Gasteiger partial charge < -0.3 is 5.32 Å². The lowest BCUT2D eigenvalue weighted by Crippen LogP contribution is -2.19. The van der Waals surface area contributed by atoms with E-state index >= 15 is 0 Å². The van der Waals surface area contributed by atoms with Crippen molar-refractivity contribution in [2.75, 3.05) is 7.05 Å². The fourth-order valence-corrected chi connectivity index (χ4v) is 0.517. The summed E-state index contributed by atoms with van der Waals surface area (Å²) in [4.78, 5) is 7.94. The first kappa shape index (κ1) is 9.88. The fourth-order valence-electron chi connectivity index (χ4n) is 0.517. The van der Waals surface area contributed by atoms with Crippen molar-refractivity contribution >= 4 is 12.2 Å². The summed E-state index contributed by atoms with van der Waals surface area (Å²) < 4.78 is 0. The van der Waals surface area contributed by atoms with E-state index in [1.54, 1.807) is 13.3 Å². The molecule has 0 unspecified atom stereocenters. The molecule has 1 N–H and O–H groups in total. The molecule has 0 rings (SSSR count). The van der Waals surface area contributed by atoms with E-state index in [0.717, 1.165) is 5.70 Å². The second-order valence-electron chi connectivity index (χ2n) is 2.03. The number of nitrogens with zero attached hydrogens (tertiary/aromatic N) is 2. The van der Waals surface area contributed by atoms with Crippen LogP contribution in [0, 0.1) is 0 Å². The van der Waals surface area contributed by atoms with Gasteiger partial charge in [-0.25, -0.2) is 4.99 Å². The average Bonchev–Trinajstić information content (AvgIpc) is 2.03. The van der Waals surface area contributed by atoms with Crippen LogP contribution in [0.3, 0.4) is 0 Å². The molecule has 0 spiro atoms. The molecule has 0 heterocycles. The van der Waals surface area contributed by atoms with Gasteiger partial charge in [-0.05, 0) is 20.8 Å². The maximum Gasteiger partial charge on any atom is 0.221 e. The first-order chi connectivity index (χ1) is 5.24. The zero-order valence-electron chi connectivity index (χ0n) is 7.55. The van der Waals surface area contributed by atoms with Gasteiger partial charge >= 0.3 is 0 Å². The highest BCUT2D eigenvalue weighted by atomic mass is 15.1. The zero-order chi connectivity index (χ0) is 8.69. The highest BCUT2D eigenvalue weighted by Gasteiger charge is 1.90. The number of rotatable bonds is 1. The topological polar surface area (TPSA) is 36.8 Å². The van der Waals surface area contributed by atoms with Crippen LogP contribution in [0.25, 0.3) is 0 Å². The van der Waals surface area contributed by atoms with E-state index < -0.39 is 0 Å². The van der Waals surface area contributed by atoms with Gasteiger partial charge in [0.15, 0.2) is 0 Å². The lowest BCUT2D eigenvalue weighted by atomic mass is 10.4. The fraction of sp³-hybridized carbons (Fsp3) is 0.500. The molecule has 3 heteroatoms. The Morgan fingerprint density at radius 1 is 1.36 bits per heavy atom. The molecule has 0 aromatic rings. The highest BCUT2D eigenvalue weighted by molar-refractivity contribution is 5.88. The summed E-state index contributed by atoms with van der Waals surface area (Å²) in [6, 6.07) is 0. The molecule has 0 aliphatic rings. The van der Waals surface area contributed by atoms with Gasteiger partial charge in [-0.2, -0.15) is 0 Å². The van der Waals surface area contributed by atoms with Crippen molar-refractivity contribution in [3.05, 3.63) is 11.8 Å². The van der Waals surface area contributed by atoms with Crippen molar-refractivity contribution in [3.63, 3.8) is 0 Å². The Kier molecular flexibility index (Phi) is 5.07. The molecule has 3 nitrogen and oxygen atoms in total. The summed E-state index contributed by atoms with van der Waals surface area (Å²) in [7, 11) is 1.71. The van der Waals surface area contributed by atoms with Crippen LogP contribution in [0.15, 0.2) is 21.8 Å². The van der Waals surface area contributed by atoms with E-state index in [1.807, 2.05) is 26.8 Å². The van der Waals surface area contributed by atoms with Crippen molar-refractivity contribution in [3.8, 4) is 0 Å². The van der Waals surface area contributed by atoms with Gasteiger partial charge in [-0.3, -0.25) is 4.99 Å². The Hall–Kier alpha value is -1.12. The van der Waals surface area contributed by atoms with E-state index in [1.165, 1.54) is 0 Å². The highest BCUT2D eigenvalue weighted by Crippen LogP contribution is 1.86. The maximum absolute atomic E-state index is 4.00. The number of guanidine groups is 1. The van der Waals surface area contributed by atoms with Crippen molar-refractivity contribution < 1.29 is 0 Å². The van der Waals surface area contributed by atoms with Crippen LogP contribution >= 0.6 is 0 Å². The Morgan fingerprint density at radius 3 is 2.36 bits per heavy atom. The molecule has 0 saturated heterocycles. The molecule has 0 aliphatic heterocycles. The van der Waals surface area contributed by atoms with Crippen LogP contribution in [0.2, 0.25) is 0 Å². The minimum absolute atomic E-state index is 0.642. The SMILES string of the molecule is C/C=N\C(=NC)N/C(C)=C\C. The normalized spacial score (nSPS) is 14.2. The third kappa shape index (κ3) is 4.31. The summed E-state index contributed by atoms with van der Waals surface area (Å²) in [6.45, 7) is 5.79. The van der Waals surface area contributed by atoms with Crippen LogP contribution in [0.1, 0.15) is 20.8 Å².